The van der Waals surface area contributed by atoms with Crippen LogP contribution in [0.5, 0.6) is 11.5 Å². The summed E-state index contributed by atoms with van der Waals surface area (Å²) in [6.45, 7) is -6.42. The number of alkyl halides is 26. The number of halogens is 26. The normalized spacial score (nSPS) is 15.7. The molecular formula is C22H8F26O2S2. The zero-order chi connectivity index (χ0) is 41.4. The van der Waals surface area contributed by atoms with E-state index in [0.29, 0.717) is 17.5 Å². The largest absolute Gasteiger partial charge is 0.486 e. The van der Waals surface area contributed by atoms with Crippen LogP contribution in [0, 0.1) is 0 Å². The zero-order valence-electron chi connectivity index (χ0n) is 23.2. The Morgan fingerprint density at radius 1 is 0.423 bits per heavy atom. The maximum atomic E-state index is 14.1. The van der Waals surface area contributed by atoms with Gasteiger partial charge in [0.25, 0.3) is 0 Å². The molecule has 0 atom stereocenters. The van der Waals surface area contributed by atoms with Crippen LogP contribution in [0.25, 0.3) is 9.75 Å². The van der Waals surface area contributed by atoms with Gasteiger partial charge in [-0.15, -0.1) is 22.7 Å². The van der Waals surface area contributed by atoms with Crippen molar-refractivity contribution in [2.24, 2.45) is 0 Å². The van der Waals surface area contributed by atoms with E-state index in [9.17, 15) is 114 Å². The van der Waals surface area contributed by atoms with Gasteiger partial charge in [-0.3, -0.25) is 0 Å². The second-order valence-electron chi connectivity index (χ2n) is 9.84. The van der Waals surface area contributed by atoms with Crippen LogP contribution in [0.4, 0.5) is 114 Å². The van der Waals surface area contributed by atoms with E-state index < -0.39 is 106 Å². The Morgan fingerprint density at radius 2 is 0.769 bits per heavy atom. The minimum absolute atomic E-state index is 0.0829. The van der Waals surface area contributed by atoms with Crippen molar-refractivity contribution in [1.82, 2.24) is 0 Å². The molecule has 0 aliphatic rings. The average Bonchev–Trinajstić information content (AvgIpc) is 3.62. The number of thiophene rings is 2. The molecule has 0 amide bonds. The van der Waals surface area contributed by atoms with Gasteiger partial charge in [-0.05, 0) is 17.5 Å². The van der Waals surface area contributed by atoms with E-state index in [1.807, 2.05) is 0 Å². The van der Waals surface area contributed by atoms with E-state index in [1.54, 1.807) is 0 Å². The Balaban J connectivity index is 2.31. The molecule has 0 bridgehead atoms. The highest BCUT2D eigenvalue weighted by atomic mass is 32.1. The number of hydrogen-bond acceptors (Lipinski definition) is 4. The van der Waals surface area contributed by atoms with Crippen molar-refractivity contribution in [2.75, 3.05) is 13.2 Å². The van der Waals surface area contributed by atoms with Gasteiger partial charge in [0.15, 0.2) is 13.2 Å². The molecule has 0 N–H and O–H groups in total. The number of ether oxygens (including phenoxy) is 2. The summed E-state index contributed by atoms with van der Waals surface area (Å²) < 4.78 is 353. The van der Waals surface area contributed by atoms with E-state index in [4.69, 9.17) is 0 Å². The summed E-state index contributed by atoms with van der Waals surface area (Å²) in [5.74, 6) is -80.2. The van der Waals surface area contributed by atoms with Crippen LogP contribution in [0.2, 0.25) is 0 Å². The Bertz CT molecular complexity index is 1550. The lowest BCUT2D eigenvalue weighted by Gasteiger charge is -2.39. The maximum Gasteiger partial charge on any atom is 0.460 e. The SMILES string of the molecule is FC(F)(F)C(F)(F)C(F)(F)C(F)(F)C(F)(F)C(F)(F)COc1csc(-c2sccc2OCC(F)(F)C(F)(F)C(F)(F)C(F)(F)C(F)(F)C(F)(F)F)c1. The lowest BCUT2D eigenvalue weighted by Crippen LogP contribution is -2.70. The van der Waals surface area contributed by atoms with Crippen LogP contribution in [0.3, 0.4) is 0 Å². The molecule has 2 rings (SSSR count). The fraction of sp³-hybridized carbons (Fsp3) is 0.636. The van der Waals surface area contributed by atoms with E-state index in [-0.39, 0.29) is 22.7 Å². The molecule has 2 nitrogen and oxygen atoms in total. The summed E-state index contributed by atoms with van der Waals surface area (Å²) in [5, 5.41) is 1.10. The Labute approximate surface area is 275 Å². The quantitative estimate of drug-likeness (QED) is 0.166. The van der Waals surface area contributed by atoms with E-state index in [0.717, 1.165) is 5.38 Å². The minimum Gasteiger partial charge on any atom is -0.486 e. The van der Waals surface area contributed by atoms with Gasteiger partial charge in [0, 0.05) is 5.38 Å². The summed E-state index contributed by atoms with van der Waals surface area (Å²) in [5.41, 5.74) is 0. The van der Waals surface area contributed by atoms with E-state index in [1.165, 1.54) is 0 Å². The number of rotatable bonds is 15. The highest BCUT2D eigenvalue weighted by Gasteiger charge is 2.92. The second kappa shape index (κ2) is 12.9. The molecule has 0 aliphatic carbocycles. The van der Waals surface area contributed by atoms with Crippen molar-refractivity contribution in [2.45, 2.75) is 71.6 Å². The highest BCUT2D eigenvalue weighted by molar-refractivity contribution is 7.20. The van der Waals surface area contributed by atoms with Gasteiger partial charge in [-0.2, -0.15) is 114 Å². The second-order valence-corrected chi connectivity index (χ2v) is 11.7. The molecule has 0 saturated carbocycles. The Morgan fingerprint density at radius 3 is 1.13 bits per heavy atom. The fourth-order valence-corrected chi connectivity index (χ4v) is 5.04. The smallest absolute Gasteiger partial charge is 0.460 e. The van der Waals surface area contributed by atoms with Gasteiger partial charge in [0.1, 0.15) is 11.5 Å². The summed E-state index contributed by atoms with van der Waals surface area (Å²) in [6.07, 6.45) is -15.4. The van der Waals surface area contributed by atoms with Crippen LogP contribution >= 0.6 is 22.7 Å². The van der Waals surface area contributed by atoms with Crippen molar-refractivity contribution in [3.05, 3.63) is 22.9 Å². The van der Waals surface area contributed by atoms with Gasteiger partial charge in [0.2, 0.25) is 0 Å². The summed E-state index contributed by atoms with van der Waals surface area (Å²) in [7, 11) is 0. The molecule has 30 heteroatoms. The molecule has 0 radical (unpaired) electrons. The Hall–Kier alpha value is -2.82. The molecule has 0 unspecified atom stereocenters. The molecule has 2 aromatic rings. The molecule has 52 heavy (non-hydrogen) atoms. The third kappa shape index (κ3) is 6.74. The van der Waals surface area contributed by atoms with Gasteiger partial charge < -0.3 is 9.47 Å². The third-order valence-electron chi connectivity index (χ3n) is 6.25. The summed E-state index contributed by atoms with van der Waals surface area (Å²) >= 11 is 0.303. The first-order chi connectivity index (χ1) is 22.6. The van der Waals surface area contributed by atoms with Crippen LogP contribution in [-0.4, -0.2) is 84.8 Å². The van der Waals surface area contributed by atoms with Crippen molar-refractivity contribution in [1.29, 1.82) is 0 Å². The standard InChI is InChI=1S/C22H8F26O2S2/c23-11(24,13(27,28)15(31,32)17(35,36)19(39,40)21(43,44)45)5-49-7-3-9(52-4-7)10-8(1-2-51-10)50-6-12(25,26)14(29,30)16(33,34)18(37,38)20(41,42)22(46,47)48/h1-4H,5-6H2. The third-order valence-corrected chi connectivity index (χ3v) is 8.24. The van der Waals surface area contributed by atoms with Crippen LogP contribution in [0.1, 0.15) is 0 Å². The van der Waals surface area contributed by atoms with Crippen LogP contribution in [0.15, 0.2) is 22.9 Å². The summed E-state index contributed by atoms with van der Waals surface area (Å²) in [4.78, 5) is -1.38. The van der Waals surface area contributed by atoms with Gasteiger partial charge in [-0.1, -0.05) is 0 Å². The first-order valence-electron chi connectivity index (χ1n) is 12.0. The predicted octanol–water partition coefficient (Wildman–Crippen LogP) is 11.7. The average molecular weight is 862 g/mol. The summed E-state index contributed by atoms with van der Waals surface area (Å²) in [6, 6.07) is 0.746. The minimum atomic E-state index is -8.22. The molecule has 0 fully saturated rings. The fourth-order valence-electron chi connectivity index (χ4n) is 3.23. The van der Waals surface area contributed by atoms with Crippen molar-refractivity contribution < 1.29 is 124 Å². The van der Waals surface area contributed by atoms with Crippen LogP contribution in [-0.2, 0) is 0 Å². The molecule has 0 saturated heterocycles. The molecule has 302 valence electrons. The molecule has 2 heterocycles. The van der Waals surface area contributed by atoms with Crippen molar-refractivity contribution in [3.63, 3.8) is 0 Å². The topological polar surface area (TPSA) is 18.5 Å². The van der Waals surface area contributed by atoms with Gasteiger partial charge in [-0.25, -0.2) is 0 Å². The molecule has 2 aromatic heterocycles. The highest BCUT2D eigenvalue weighted by Crippen LogP contribution is 2.62. The predicted molar refractivity (Wildman–Crippen MR) is 120 cm³/mol. The first-order valence-corrected chi connectivity index (χ1v) is 13.7. The molecule has 0 aromatic carbocycles. The van der Waals surface area contributed by atoms with Gasteiger partial charge >= 0.3 is 71.6 Å². The van der Waals surface area contributed by atoms with E-state index in [2.05, 4.69) is 9.47 Å². The lowest BCUT2D eigenvalue weighted by molar-refractivity contribution is -0.440. The Kier molecular flexibility index (Phi) is 11.2. The first kappa shape index (κ1) is 45.3. The zero-order valence-corrected chi connectivity index (χ0v) is 24.8. The van der Waals surface area contributed by atoms with Crippen molar-refractivity contribution >= 4 is 22.7 Å². The molecule has 0 spiro atoms. The number of hydrogen-bond donors (Lipinski definition) is 0. The van der Waals surface area contributed by atoms with Crippen LogP contribution < -0.4 is 9.47 Å². The molecular weight excluding hydrogens is 854 g/mol. The van der Waals surface area contributed by atoms with E-state index >= 15 is 0 Å². The maximum absolute atomic E-state index is 14.1. The van der Waals surface area contributed by atoms with Gasteiger partial charge in [0.05, 0.1) is 9.75 Å². The van der Waals surface area contributed by atoms with Crippen molar-refractivity contribution in [3.8, 4) is 21.3 Å². The monoisotopic (exact) mass is 862 g/mol. The molecule has 0 aliphatic heterocycles. The lowest BCUT2D eigenvalue weighted by atomic mass is 9.94.